The first-order chi connectivity index (χ1) is 13.5. The first-order valence-electron chi connectivity index (χ1n) is 9.39. The van der Waals surface area contributed by atoms with Crippen molar-refractivity contribution < 1.29 is 27.2 Å². The van der Waals surface area contributed by atoms with E-state index in [1.54, 1.807) is 9.80 Å². The molecule has 29 heavy (non-hydrogen) atoms. The van der Waals surface area contributed by atoms with Gasteiger partial charge >= 0.3 is 6.03 Å². The minimum atomic E-state index is -0.225. The summed E-state index contributed by atoms with van der Waals surface area (Å²) in [6.45, 7) is 4.19. The zero-order chi connectivity index (χ0) is 20.1. The van der Waals surface area contributed by atoms with Gasteiger partial charge in [-0.1, -0.05) is 30.3 Å². The molecule has 0 aliphatic carbocycles. The number of carbonyl (C=O) groups is 1. The third kappa shape index (κ3) is 6.44. The Morgan fingerprint density at radius 3 is 2.10 bits per heavy atom. The molecule has 1 radical (unpaired) electrons. The summed E-state index contributed by atoms with van der Waals surface area (Å²) in [6.07, 6.45) is 0. The number of amides is 2. The van der Waals surface area contributed by atoms with Crippen molar-refractivity contribution in [2.75, 3.05) is 50.1 Å². The Morgan fingerprint density at radius 2 is 1.55 bits per heavy atom. The summed E-state index contributed by atoms with van der Waals surface area (Å²) in [4.78, 5) is 20.6. The van der Waals surface area contributed by atoms with Gasteiger partial charge < -0.3 is 40.0 Å². The molecule has 0 saturated carbocycles. The SMILES string of the molecule is CN(Cc1ccccc1)C(=O)N(C)c1ccc(N2CCN(C([S-])[S-])CC2)cc1.[Au]. The zero-order valence-electron chi connectivity index (χ0n) is 16.6. The quantitative estimate of drug-likeness (QED) is 0.384. The third-order valence-corrected chi connectivity index (χ3v) is 5.69. The van der Waals surface area contributed by atoms with E-state index in [1.165, 1.54) is 0 Å². The Labute approximate surface area is 200 Å². The maximum Gasteiger partial charge on any atom is 0.324 e. The number of anilines is 2. The smallest absolute Gasteiger partial charge is 0.324 e. The van der Waals surface area contributed by atoms with Crippen molar-refractivity contribution >= 4 is 42.7 Å². The summed E-state index contributed by atoms with van der Waals surface area (Å²) >= 11 is 10.3. The van der Waals surface area contributed by atoms with Crippen molar-refractivity contribution in [3.8, 4) is 0 Å². The van der Waals surface area contributed by atoms with Crippen LogP contribution in [0.5, 0.6) is 0 Å². The molecule has 161 valence electrons. The van der Waals surface area contributed by atoms with Crippen LogP contribution in [0.1, 0.15) is 5.56 Å². The normalized spacial score (nSPS) is 14.4. The average Bonchev–Trinajstić information content (AvgIpc) is 2.73. The number of nitrogens with zero attached hydrogens (tertiary/aromatic N) is 4. The molecular formula is C21H26AuN4OS2-2. The van der Waals surface area contributed by atoms with Gasteiger partial charge in [-0.05, 0) is 29.8 Å². The summed E-state index contributed by atoms with van der Waals surface area (Å²) in [5.41, 5.74) is 3.15. The number of hydrogen-bond donors (Lipinski definition) is 0. The second-order valence-corrected chi connectivity index (χ2v) is 8.22. The van der Waals surface area contributed by atoms with Crippen LogP contribution in [0.25, 0.3) is 0 Å². The van der Waals surface area contributed by atoms with Gasteiger partial charge in [-0.3, -0.25) is 4.90 Å². The Kier molecular flexibility index (Phi) is 9.46. The van der Waals surface area contributed by atoms with E-state index in [0.29, 0.717) is 6.54 Å². The van der Waals surface area contributed by atoms with Gasteiger partial charge in [0.1, 0.15) is 0 Å². The van der Waals surface area contributed by atoms with Gasteiger partial charge in [0, 0.05) is 80.6 Å². The fraction of sp³-hybridized carbons (Fsp3) is 0.381. The first kappa shape index (κ1) is 24.2. The minimum Gasteiger partial charge on any atom is -0.800 e. The first-order valence-corrected chi connectivity index (χ1v) is 10.3. The number of rotatable bonds is 5. The molecule has 0 spiro atoms. The van der Waals surface area contributed by atoms with Crippen molar-refractivity contribution in [3.05, 3.63) is 60.2 Å². The summed E-state index contributed by atoms with van der Waals surface area (Å²) in [7, 11) is 3.64. The van der Waals surface area contributed by atoms with Gasteiger partial charge in [0.05, 0.1) is 0 Å². The molecule has 0 bridgehead atoms. The molecular weight excluding hydrogens is 585 g/mol. The molecule has 1 heterocycles. The minimum absolute atomic E-state index is 0. The number of carbonyl (C=O) groups excluding carboxylic acids is 1. The average molecular weight is 612 g/mol. The Morgan fingerprint density at radius 1 is 0.966 bits per heavy atom. The molecule has 2 amide bonds. The van der Waals surface area contributed by atoms with E-state index in [2.05, 4.69) is 21.9 Å². The Hall–Kier alpha value is -1.09. The predicted octanol–water partition coefficient (Wildman–Crippen LogP) is 2.87. The van der Waals surface area contributed by atoms with Gasteiger partial charge in [-0.2, -0.15) is 0 Å². The maximum atomic E-state index is 12.8. The van der Waals surface area contributed by atoms with Crippen molar-refractivity contribution in [3.63, 3.8) is 0 Å². The van der Waals surface area contributed by atoms with Crippen LogP contribution in [0.3, 0.4) is 0 Å². The summed E-state index contributed by atoms with van der Waals surface area (Å²) in [5, 5.41) is 0. The summed E-state index contributed by atoms with van der Waals surface area (Å²) in [6, 6.07) is 18.1. The largest absolute Gasteiger partial charge is 0.800 e. The van der Waals surface area contributed by atoms with E-state index in [-0.39, 0.29) is 33.1 Å². The molecule has 2 aromatic carbocycles. The molecule has 1 aliphatic heterocycles. The summed E-state index contributed by atoms with van der Waals surface area (Å²) in [5.74, 6) is 0. The topological polar surface area (TPSA) is 30.0 Å². The second kappa shape index (κ2) is 11.3. The number of benzene rings is 2. The van der Waals surface area contributed by atoms with E-state index in [1.807, 2.05) is 56.6 Å². The Balaban J connectivity index is 0.00000300. The van der Waals surface area contributed by atoms with Gasteiger partial charge in [0.15, 0.2) is 0 Å². The molecule has 0 N–H and O–H groups in total. The van der Waals surface area contributed by atoms with Crippen LogP contribution in [0, 0.1) is 0 Å². The van der Waals surface area contributed by atoms with Gasteiger partial charge in [-0.15, -0.1) is 0 Å². The fourth-order valence-electron chi connectivity index (χ4n) is 3.37. The molecule has 5 nitrogen and oxygen atoms in total. The molecule has 0 aromatic heterocycles. The van der Waals surface area contributed by atoms with E-state index >= 15 is 0 Å². The van der Waals surface area contributed by atoms with Crippen LogP contribution in [0.15, 0.2) is 54.6 Å². The van der Waals surface area contributed by atoms with E-state index < -0.39 is 0 Å². The molecule has 1 saturated heterocycles. The van der Waals surface area contributed by atoms with Crippen LogP contribution in [0.4, 0.5) is 16.2 Å². The molecule has 0 unspecified atom stereocenters. The standard InChI is InChI=1S/C21H28N4OS2.Au/c1-22(16-17-6-4-3-5-7-17)20(26)23(2)18-8-10-19(11-9-18)24-12-14-25(15-13-24)21(27)28;/h3-11,21,27-28H,12-16H2,1-2H3;/p-2. The van der Waals surface area contributed by atoms with Gasteiger partial charge in [0.2, 0.25) is 0 Å². The number of hydrogen-bond acceptors (Lipinski definition) is 5. The number of piperazine rings is 1. The summed E-state index contributed by atoms with van der Waals surface area (Å²) < 4.78 is -0.225. The van der Waals surface area contributed by atoms with Crippen LogP contribution >= 0.6 is 0 Å². The fourth-order valence-corrected chi connectivity index (χ4v) is 3.79. The van der Waals surface area contributed by atoms with Crippen molar-refractivity contribution in [2.24, 2.45) is 0 Å². The zero-order valence-corrected chi connectivity index (χ0v) is 20.4. The second-order valence-electron chi connectivity index (χ2n) is 7.03. The molecule has 1 aliphatic rings. The molecule has 0 atom stereocenters. The maximum absolute atomic E-state index is 12.8. The van der Waals surface area contributed by atoms with Crippen LogP contribution in [0.2, 0.25) is 0 Å². The van der Waals surface area contributed by atoms with Crippen molar-refractivity contribution in [2.45, 2.75) is 11.3 Å². The van der Waals surface area contributed by atoms with Crippen LogP contribution < -0.4 is 9.80 Å². The van der Waals surface area contributed by atoms with Gasteiger partial charge in [0.25, 0.3) is 0 Å². The van der Waals surface area contributed by atoms with Crippen molar-refractivity contribution in [1.29, 1.82) is 0 Å². The van der Waals surface area contributed by atoms with Crippen LogP contribution in [-0.2, 0) is 54.2 Å². The molecule has 8 heteroatoms. The molecule has 3 rings (SSSR count). The monoisotopic (exact) mass is 611 g/mol. The molecule has 2 aromatic rings. The molecule has 1 fully saturated rings. The van der Waals surface area contributed by atoms with Crippen molar-refractivity contribution in [1.82, 2.24) is 9.80 Å². The van der Waals surface area contributed by atoms with E-state index in [0.717, 1.165) is 43.1 Å². The third-order valence-electron chi connectivity index (χ3n) is 5.09. The van der Waals surface area contributed by atoms with E-state index in [9.17, 15) is 4.79 Å². The van der Waals surface area contributed by atoms with Gasteiger partial charge in [-0.25, -0.2) is 9.50 Å². The number of urea groups is 1. The predicted molar refractivity (Wildman–Crippen MR) is 120 cm³/mol. The Bertz CT molecular complexity index is 768. The van der Waals surface area contributed by atoms with Crippen LogP contribution in [-0.4, -0.2) is 60.8 Å². The van der Waals surface area contributed by atoms with E-state index in [4.69, 9.17) is 25.3 Å².